The highest BCUT2D eigenvalue weighted by atomic mass is 16.3. The highest BCUT2D eigenvalue weighted by molar-refractivity contribution is 5.61. The summed E-state index contributed by atoms with van der Waals surface area (Å²) < 4.78 is 0. The molecule has 0 spiro atoms. The number of aromatic nitrogens is 1. The number of pyridine rings is 1. The minimum absolute atomic E-state index is 0.0398. The molecule has 1 heterocycles. The van der Waals surface area contributed by atoms with Crippen molar-refractivity contribution in [2.24, 2.45) is 0 Å². The second-order valence-electron chi connectivity index (χ2n) is 4.99. The van der Waals surface area contributed by atoms with Gasteiger partial charge in [-0.15, -0.1) is 0 Å². The number of hydrogen-bond donors (Lipinski definition) is 1. The molecular formula is C17H19N3O. The third-order valence-corrected chi connectivity index (χ3v) is 3.35. The van der Waals surface area contributed by atoms with Gasteiger partial charge in [-0.1, -0.05) is 30.3 Å². The van der Waals surface area contributed by atoms with E-state index in [4.69, 9.17) is 0 Å². The Labute approximate surface area is 125 Å². The normalized spacial score (nSPS) is 10.2. The highest BCUT2D eigenvalue weighted by Crippen LogP contribution is 2.24. The molecule has 0 aliphatic heterocycles. The van der Waals surface area contributed by atoms with E-state index in [9.17, 15) is 10.4 Å². The molecule has 0 unspecified atom stereocenters. The molecule has 0 aliphatic carbocycles. The lowest BCUT2D eigenvalue weighted by Crippen LogP contribution is -2.27. The van der Waals surface area contributed by atoms with Crippen LogP contribution in [-0.4, -0.2) is 23.2 Å². The van der Waals surface area contributed by atoms with Crippen molar-refractivity contribution in [1.82, 2.24) is 4.98 Å². The summed E-state index contributed by atoms with van der Waals surface area (Å²) in [5.41, 5.74) is 4.15. The predicted octanol–water partition coefficient (Wildman–Crippen LogP) is 2.57. The molecule has 2 aromatic rings. The van der Waals surface area contributed by atoms with E-state index < -0.39 is 0 Å². The van der Waals surface area contributed by atoms with E-state index >= 15 is 0 Å². The maximum absolute atomic E-state index is 9.39. The molecule has 1 aromatic carbocycles. The third-order valence-electron chi connectivity index (χ3n) is 3.35. The fraction of sp³-hybridized carbons (Fsp3) is 0.294. The summed E-state index contributed by atoms with van der Waals surface area (Å²) in [7, 11) is 0. The van der Waals surface area contributed by atoms with E-state index in [-0.39, 0.29) is 6.61 Å². The van der Waals surface area contributed by atoms with Crippen LogP contribution in [0.4, 0.5) is 5.69 Å². The molecule has 1 aromatic heterocycles. The lowest BCUT2D eigenvalue weighted by Gasteiger charge is -2.26. The van der Waals surface area contributed by atoms with Gasteiger partial charge in [-0.05, 0) is 25.5 Å². The maximum Gasteiger partial charge on any atom is 0.103 e. The summed E-state index contributed by atoms with van der Waals surface area (Å²) >= 11 is 0. The summed E-state index contributed by atoms with van der Waals surface area (Å²) in [6.45, 7) is 4.93. The topological polar surface area (TPSA) is 60.1 Å². The predicted molar refractivity (Wildman–Crippen MR) is 83.0 cm³/mol. The van der Waals surface area contributed by atoms with E-state index in [1.54, 1.807) is 0 Å². The average Bonchev–Trinajstić information content (AvgIpc) is 2.47. The Morgan fingerprint density at radius 3 is 2.57 bits per heavy atom. The van der Waals surface area contributed by atoms with Crippen LogP contribution in [0.5, 0.6) is 0 Å². The summed E-state index contributed by atoms with van der Waals surface area (Å²) in [5.74, 6) is 0. The van der Waals surface area contributed by atoms with Crippen LogP contribution < -0.4 is 4.90 Å². The van der Waals surface area contributed by atoms with Gasteiger partial charge in [0.1, 0.15) is 6.07 Å². The van der Waals surface area contributed by atoms with Crippen molar-refractivity contribution < 1.29 is 5.11 Å². The van der Waals surface area contributed by atoms with Gasteiger partial charge in [0.2, 0.25) is 0 Å². The molecule has 0 saturated heterocycles. The monoisotopic (exact) mass is 281 g/mol. The van der Waals surface area contributed by atoms with Crippen molar-refractivity contribution in [2.45, 2.75) is 20.4 Å². The van der Waals surface area contributed by atoms with Crippen molar-refractivity contribution >= 4 is 5.69 Å². The van der Waals surface area contributed by atoms with Gasteiger partial charge < -0.3 is 10.0 Å². The largest absolute Gasteiger partial charge is 0.395 e. The quantitative estimate of drug-likeness (QED) is 0.915. The zero-order chi connectivity index (χ0) is 15.2. The molecule has 0 aliphatic rings. The Hall–Kier alpha value is -2.38. The molecule has 0 fully saturated rings. The molecule has 4 nitrogen and oxygen atoms in total. The van der Waals surface area contributed by atoms with Gasteiger partial charge in [0.15, 0.2) is 0 Å². The molecule has 0 atom stereocenters. The maximum atomic E-state index is 9.39. The third kappa shape index (κ3) is 3.59. The van der Waals surface area contributed by atoms with E-state index in [2.05, 4.69) is 11.1 Å². The minimum atomic E-state index is 0.0398. The number of aliphatic hydroxyl groups excluding tert-OH is 1. The molecule has 108 valence electrons. The number of hydrogen-bond acceptors (Lipinski definition) is 4. The van der Waals surface area contributed by atoms with Crippen LogP contribution in [-0.2, 0) is 6.54 Å². The Morgan fingerprint density at radius 1 is 1.24 bits per heavy atom. The van der Waals surface area contributed by atoms with Gasteiger partial charge in [-0.25, -0.2) is 0 Å². The average molecular weight is 281 g/mol. The van der Waals surface area contributed by atoms with Crippen molar-refractivity contribution in [3.8, 4) is 6.07 Å². The SMILES string of the molecule is Cc1cc(N(CCO)Cc2ccccc2)c(C#N)c(C)n1. The molecule has 1 N–H and O–H groups in total. The van der Waals surface area contributed by atoms with Gasteiger partial charge in [0, 0.05) is 18.8 Å². The Morgan fingerprint density at radius 2 is 1.95 bits per heavy atom. The highest BCUT2D eigenvalue weighted by Gasteiger charge is 2.15. The molecule has 2 rings (SSSR count). The van der Waals surface area contributed by atoms with Crippen molar-refractivity contribution in [1.29, 1.82) is 5.26 Å². The Balaban J connectivity index is 2.41. The van der Waals surface area contributed by atoms with Crippen molar-refractivity contribution in [3.05, 3.63) is 58.9 Å². The first-order chi connectivity index (χ1) is 10.2. The number of aliphatic hydroxyl groups is 1. The van der Waals surface area contributed by atoms with E-state index in [1.807, 2.05) is 55.1 Å². The first kappa shape index (κ1) is 15.0. The van der Waals surface area contributed by atoms with E-state index in [0.717, 1.165) is 22.6 Å². The first-order valence-electron chi connectivity index (χ1n) is 6.93. The van der Waals surface area contributed by atoms with Crippen LogP contribution in [0.25, 0.3) is 0 Å². The fourth-order valence-electron chi connectivity index (χ4n) is 2.40. The lowest BCUT2D eigenvalue weighted by molar-refractivity contribution is 0.301. The van der Waals surface area contributed by atoms with Gasteiger partial charge in [0.25, 0.3) is 0 Å². The Kier molecular flexibility index (Phi) is 4.91. The standard InChI is InChI=1S/C17H19N3O/c1-13-10-17(16(11-18)14(2)19-13)20(8-9-21)12-15-6-4-3-5-7-15/h3-7,10,21H,8-9,12H2,1-2H3. The lowest BCUT2D eigenvalue weighted by atomic mass is 10.1. The summed E-state index contributed by atoms with van der Waals surface area (Å²) in [5, 5.41) is 18.7. The van der Waals surface area contributed by atoms with Gasteiger partial charge in [-0.3, -0.25) is 4.98 Å². The summed E-state index contributed by atoms with van der Waals surface area (Å²) in [6, 6.07) is 14.2. The molecule has 0 radical (unpaired) electrons. The van der Waals surface area contributed by atoms with Crippen molar-refractivity contribution in [3.63, 3.8) is 0 Å². The molecule has 21 heavy (non-hydrogen) atoms. The number of benzene rings is 1. The van der Waals surface area contributed by atoms with Crippen molar-refractivity contribution in [2.75, 3.05) is 18.1 Å². The second kappa shape index (κ2) is 6.87. The number of aryl methyl sites for hydroxylation is 2. The van der Waals surface area contributed by atoms with Crippen LogP contribution in [0.1, 0.15) is 22.5 Å². The van der Waals surface area contributed by atoms with Crippen LogP contribution >= 0.6 is 0 Å². The molecule has 4 heteroatoms. The van der Waals surface area contributed by atoms with Gasteiger partial charge >= 0.3 is 0 Å². The zero-order valence-corrected chi connectivity index (χ0v) is 12.4. The van der Waals surface area contributed by atoms with Gasteiger partial charge in [0.05, 0.1) is 23.6 Å². The minimum Gasteiger partial charge on any atom is -0.395 e. The number of rotatable bonds is 5. The fourth-order valence-corrected chi connectivity index (χ4v) is 2.40. The zero-order valence-electron chi connectivity index (χ0n) is 12.4. The van der Waals surface area contributed by atoms with Crippen LogP contribution in [0.2, 0.25) is 0 Å². The molecule has 0 bridgehead atoms. The Bertz CT molecular complexity index is 647. The number of nitriles is 1. The van der Waals surface area contributed by atoms with E-state index in [1.165, 1.54) is 0 Å². The van der Waals surface area contributed by atoms with Crippen LogP contribution in [0.15, 0.2) is 36.4 Å². The number of nitrogens with zero attached hydrogens (tertiary/aromatic N) is 3. The van der Waals surface area contributed by atoms with Crippen LogP contribution in [0.3, 0.4) is 0 Å². The molecule has 0 saturated carbocycles. The van der Waals surface area contributed by atoms with E-state index in [0.29, 0.717) is 18.7 Å². The summed E-state index contributed by atoms with van der Waals surface area (Å²) in [6.07, 6.45) is 0. The first-order valence-corrected chi connectivity index (χ1v) is 6.93. The number of anilines is 1. The summed E-state index contributed by atoms with van der Waals surface area (Å²) in [4.78, 5) is 6.37. The molecule has 0 amide bonds. The smallest absolute Gasteiger partial charge is 0.103 e. The second-order valence-corrected chi connectivity index (χ2v) is 4.99. The molecular weight excluding hydrogens is 262 g/mol. The van der Waals surface area contributed by atoms with Gasteiger partial charge in [-0.2, -0.15) is 5.26 Å². The van der Waals surface area contributed by atoms with Crippen LogP contribution in [0, 0.1) is 25.2 Å².